The van der Waals surface area contributed by atoms with Gasteiger partial charge in [-0.25, -0.2) is 13.6 Å². The lowest BCUT2D eigenvalue weighted by molar-refractivity contribution is -0.148. The molecule has 13 nitrogen and oxygen atoms in total. The lowest BCUT2D eigenvalue weighted by Gasteiger charge is -2.40. The van der Waals surface area contributed by atoms with Gasteiger partial charge in [0.2, 0.25) is 17.7 Å². The maximum absolute atomic E-state index is 14.1. The van der Waals surface area contributed by atoms with Crippen molar-refractivity contribution in [1.82, 2.24) is 25.8 Å². The average Bonchev–Trinajstić information content (AvgIpc) is 2.99. The molecule has 0 bridgehead atoms. The molecule has 1 aliphatic heterocycles. The number of carbonyl (C=O) groups excluding carboxylic acids is 5. The van der Waals surface area contributed by atoms with Gasteiger partial charge < -0.3 is 30.5 Å². The molecule has 3 rings (SSSR count). The number of carbonyl (C=O) groups is 5. The van der Waals surface area contributed by atoms with Crippen LogP contribution in [0.3, 0.4) is 0 Å². The van der Waals surface area contributed by atoms with Gasteiger partial charge in [0.1, 0.15) is 5.60 Å². The molecule has 2 heterocycles. The number of ether oxygens (including phenoxy) is 1. The van der Waals surface area contributed by atoms with Crippen molar-refractivity contribution in [2.75, 3.05) is 38.1 Å². The number of pyridine rings is 1. The summed E-state index contributed by atoms with van der Waals surface area (Å²) in [5, 5.41) is 17.2. The Labute approximate surface area is 265 Å². The Morgan fingerprint density at radius 1 is 1.11 bits per heavy atom. The van der Waals surface area contributed by atoms with E-state index < -0.39 is 60.9 Å². The number of halogens is 2. The first-order valence-electron chi connectivity index (χ1n) is 14.8. The second kappa shape index (κ2) is 14.9. The zero-order chi connectivity index (χ0) is 34.2. The van der Waals surface area contributed by atoms with E-state index in [1.165, 1.54) is 31.1 Å². The minimum absolute atomic E-state index is 0.0941. The number of amides is 5. The topological polar surface area (TPSA) is 174 Å². The number of benzene rings is 1. The Morgan fingerprint density at radius 2 is 1.80 bits per heavy atom. The second-order valence-electron chi connectivity index (χ2n) is 12.0. The summed E-state index contributed by atoms with van der Waals surface area (Å²) in [6.07, 6.45) is -0.0373. The normalized spacial score (nSPS) is 17.4. The van der Waals surface area contributed by atoms with E-state index in [2.05, 4.69) is 20.9 Å². The van der Waals surface area contributed by atoms with Gasteiger partial charge in [-0.15, -0.1) is 0 Å². The van der Waals surface area contributed by atoms with Crippen molar-refractivity contribution in [2.24, 2.45) is 5.92 Å². The highest BCUT2D eigenvalue weighted by Gasteiger charge is 2.46. The molecule has 0 aliphatic carbocycles. The van der Waals surface area contributed by atoms with E-state index in [4.69, 9.17) is 4.74 Å². The van der Waals surface area contributed by atoms with Crippen LogP contribution >= 0.6 is 0 Å². The number of nitrogens with zero attached hydrogens (tertiary/aromatic N) is 4. The van der Waals surface area contributed by atoms with E-state index in [1.807, 2.05) is 6.07 Å². The number of alkyl carbamates (subject to hydrolysis) is 1. The summed E-state index contributed by atoms with van der Waals surface area (Å²) in [5.41, 5.74) is 0.358. The van der Waals surface area contributed by atoms with Crippen LogP contribution in [-0.4, -0.2) is 90.4 Å². The summed E-state index contributed by atoms with van der Waals surface area (Å²) >= 11 is 0. The van der Waals surface area contributed by atoms with Crippen LogP contribution in [0, 0.1) is 17.2 Å². The van der Waals surface area contributed by atoms with Gasteiger partial charge in [-0.3, -0.25) is 24.2 Å². The highest BCUT2D eigenvalue weighted by molar-refractivity contribution is 6.08. The predicted molar refractivity (Wildman–Crippen MR) is 164 cm³/mol. The molecule has 15 heteroatoms. The highest BCUT2D eigenvalue weighted by Crippen LogP contribution is 2.34. The van der Waals surface area contributed by atoms with Gasteiger partial charge in [0.15, 0.2) is 0 Å². The Kier molecular flexibility index (Phi) is 11.6. The molecular formula is C31H39F2N7O6. The minimum atomic E-state index is -3.21. The highest BCUT2D eigenvalue weighted by atomic mass is 19.3. The number of likely N-dealkylation sites (tertiary alicyclic amines) is 1. The van der Waals surface area contributed by atoms with Crippen molar-refractivity contribution < 1.29 is 37.5 Å². The van der Waals surface area contributed by atoms with E-state index in [0.29, 0.717) is 16.6 Å². The zero-order valence-electron chi connectivity index (χ0n) is 26.5. The third kappa shape index (κ3) is 9.82. The first-order valence-corrected chi connectivity index (χ1v) is 14.8. The third-order valence-corrected chi connectivity index (χ3v) is 7.29. The van der Waals surface area contributed by atoms with E-state index >= 15 is 0 Å². The number of nitrogens with one attached hydrogen (secondary N) is 3. The van der Waals surface area contributed by atoms with Crippen molar-refractivity contribution in [1.29, 1.82) is 5.26 Å². The molecule has 3 N–H and O–H groups in total. The minimum Gasteiger partial charge on any atom is -0.444 e. The standard InChI is InChI=1S/C31H39F2N7O6/c1-19-20(16-34)15-31(32,33)18-40(19)27(43)17-38-28(44)22-10-11-35-24-7-6-21(14-23(22)24)39(5)26(42)9-8-25(41)36-12-13-37-29(45)46-30(2,3)4/h6-7,10-11,14,19-20H,8-9,12-13,15,17-18H2,1-5H3,(H,36,41)(H,37,45)(H,38,44)/t19?,20-/m0/s1. The van der Waals surface area contributed by atoms with Crippen molar-refractivity contribution in [3.05, 3.63) is 36.0 Å². The summed E-state index contributed by atoms with van der Waals surface area (Å²) < 4.78 is 33.4. The Morgan fingerprint density at radius 3 is 2.48 bits per heavy atom. The molecule has 1 fully saturated rings. The molecule has 1 aliphatic rings. The number of rotatable bonds is 10. The largest absolute Gasteiger partial charge is 0.444 e. The summed E-state index contributed by atoms with van der Waals surface area (Å²) in [5.74, 6) is -6.39. The summed E-state index contributed by atoms with van der Waals surface area (Å²) in [6, 6.07) is 7.33. The molecule has 0 radical (unpaired) electrons. The molecular weight excluding hydrogens is 604 g/mol. The Bertz CT molecular complexity index is 1520. The first-order chi connectivity index (χ1) is 21.5. The number of fused-ring (bicyclic) bond motifs is 1. The second-order valence-corrected chi connectivity index (χ2v) is 12.0. The predicted octanol–water partition coefficient (Wildman–Crippen LogP) is 2.74. The molecule has 1 aromatic heterocycles. The fraction of sp³-hybridized carbons (Fsp3) is 0.516. The number of hydrogen-bond acceptors (Lipinski definition) is 8. The average molecular weight is 644 g/mol. The van der Waals surface area contributed by atoms with Gasteiger partial charge in [-0.05, 0) is 52.0 Å². The summed E-state index contributed by atoms with van der Waals surface area (Å²) in [4.78, 5) is 69.1. The van der Waals surface area contributed by atoms with E-state index in [0.717, 1.165) is 4.90 Å². The molecule has 0 spiro atoms. The van der Waals surface area contributed by atoms with Gasteiger partial charge in [0, 0.05) is 62.7 Å². The Balaban J connectivity index is 1.57. The van der Waals surface area contributed by atoms with E-state index in [9.17, 15) is 38.0 Å². The smallest absolute Gasteiger partial charge is 0.407 e. The fourth-order valence-corrected chi connectivity index (χ4v) is 4.83. The number of aromatic nitrogens is 1. The number of nitriles is 1. The molecule has 2 aromatic rings. The lowest BCUT2D eigenvalue weighted by atomic mass is 9.89. The van der Waals surface area contributed by atoms with Crippen molar-refractivity contribution in [3.8, 4) is 6.07 Å². The lowest BCUT2D eigenvalue weighted by Crippen LogP contribution is -2.56. The first kappa shape index (κ1) is 35.6. The number of hydrogen-bond donors (Lipinski definition) is 3. The number of anilines is 1. The van der Waals surface area contributed by atoms with E-state index in [-0.39, 0.29) is 43.3 Å². The molecule has 0 saturated carbocycles. The van der Waals surface area contributed by atoms with Crippen LogP contribution in [0.25, 0.3) is 10.9 Å². The van der Waals surface area contributed by atoms with Gasteiger partial charge >= 0.3 is 6.09 Å². The maximum Gasteiger partial charge on any atom is 0.407 e. The quantitative estimate of drug-likeness (QED) is 0.332. The van der Waals surface area contributed by atoms with Crippen LogP contribution in [-0.2, 0) is 19.1 Å². The maximum atomic E-state index is 14.1. The van der Waals surface area contributed by atoms with Crippen LogP contribution in [0.2, 0.25) is 0 Å². The number of alkyl halides is 2. The van der Waals surface area contributed by atoms with E-state index in [1.54, 1.807) is 39.0 Å². The number of piperidine rings is 1. The third-order valence-electron chi connectivity index (χ3n) is 7.29. The van der Waals surface area contributed by atoms with Gasteiger partial charge in [-0.1, -0.05) is 0 Å². The van der Waals surface area contributed by atoms with Gasteiger partial charge in [0.25, 0.3) is 11.8 Å². The molecule has 248 valence electrons. The molecule has 1 saturated heterocycles. The van der Waals surface area contributed by atoms with Crippen molar-refractivity contribution in [3.63, 3.8) is 0 Å². The molecule has 1 unspecified atom stereocenters. The fourth-order valence-electron chi connectivity index (χ4n) is 4.83. The van der Waals surface area contributed by atoms with Crippen LogP contribution < -0.4 is 20.9 Å². The van der Waals surface area contributed by atoms with Crippen LogP contribution in [0.5, 0.6) is 0 Å². The Hall–Kier alpha value is -4.87. The van der Waals surface area contributed by atoms with Crippen molar-refractivity contribution in [2.45, 2.75) is 64.5 Å². The molecule has 46 heavy (non-hydrogen) atoms. The van der Waals surface area contributed by atoms with Crippen molar-refractivity contribution >= 4 is 46.3 Å². The summed E-state index contributed by atoms with van der Waals surface area (Å²) in [7, 11) is 1.52. The zero-order valence-corrected chi connectivity index (χ0v) is 26.5. The monoisotopic (exact) mass is 643 g/mol. The summed E-state index contributed by atoms with van der Waals surface area (Å²) in [6.45, 7) is 5.63. The van der Waals surface area contributed by atoms with Crippen LogP contribution in [0.4, 0.5) is 19.3 Å². The van der Waals surface area contributed by atoms with Gasteiger partial charge in [0.05, 0.1) is 36.2 Å². The molecule has 1 aromatic carbocycles. The SMILES string of the molecule is CC1[C@H](C#N)CC(F)(F)CN1C(=O)CNC(=O)c1ccnc2ccc(N(C)C(=O)CCC(=O)NCCNC(=O)OC(C)(C)C)cc12. The molecule has 2 atom stereocenters. The van der Waals surface area contributed by atoms with Gasteiger partial charge in [-0.2, -0.15) is 5.26 Å². The van der Waals surface area contributed by atoms with Crippen LogP contribution in [0.1, 0.15) is 57.3 Å². The van der Waals surface area contributed by atoms with Crippen LogP contribution in [0.15, 0.2) is 30.5 Å². The molecule has 5 amide bonds.